The van der Waals surface area contributed by atoms with Crippen LogP contribution in [-0.4, -0.2) is 40.9 Å². The van der Waals surface area contributed by atoms with Gasteiger partial charge in [-0.1, -0.05) is 42.5 Å². The van der Waals surface area contributed by atoms with E-state index in [1.54, 1.807) is 21.0 Å². The molecule has 0 aliphatic carbocycles. The molecular weight excluding hydrogens is 302 g/mol. The molecule has 1 atom stereocenters. The van der Waals surface area contributed by atoms with Crippen molar-refractivity contribution in [2.24, 2.45) is 0 Å². The van der Waals surface area contributed by atoms with Crippen molar-refractivity contribution in [3.8, 4) is 5.75 Å². The van der Waals surface area contributed by atoms with Crippen molar-refractivity contribution >= 4 is 0 Å². The van der Waals surface area contributed by atoms with Crippen LogP contribution in [0, 0.1) is 0 Å². The molecule has 4 nitrogen and oxygen atoms in total. The number of nitrogens with zero attached hydrogens (tertiary/aromatic N) is 1. The van der Waals surface area contributed by atoms with Gasteiger partial charge in [0.2, 0.25) is 0 Å². The number of hydrogen-bond donors (Lipinski definition) is 2. The molecule has 0 aliphatic rings. The molecule has 2 aromatic carbocycles. The van der Waals surface area contributed by atoms with Gasteiger partial charge in [-0.05, 0) is 37.1 Å². The number of aliphatic hydroxyl groups is 2. The van der Waals surface area contributed by atoms with Crippen molar-refractivity contribution in [3.05, 3.63) is 65.7 Å². The van der Waals surface area contributed by atoms with E-state index < -0.39 is 11.7 Å². The molecule has 0 aromatic heterocycles. The Balaban J connectivity index is 2.11. The van der Waals surface area contributed by atoms with E-state index in [0.29, 0.717) is 19.6 Å². The molecule has 0 amide bonds. The van der Waals surface area contributed by atoms with Gasteiger partial charge in [-0.25, -0.2) is 0 Å². The van der Waals surface area contributed by atoms with Crippen LogP contribution >= 0.6 is 0 Å². The minimum atomic E-state index is -0.830. The van der Waals surface area contributed by atoms with Crippen LogP contribution in [0.2, 0.25) is 0 Å². The summed E-state index contributed by atoms with van der Waals surface area (Å²) in [6.45, 7) is 5.15. The van der Waals surface area contributed by atoms with Crippen LogP contribution in [0.25, 0.3) is 0 Å². The van der Waals surface area contributed by atoms with E-state index in [4.69, 9.17) is 4.74 Å². The molecule has 0 saturated heterocycles. The smallest absolute Gasteiger partial charge is 0.119 e. The Morgan fingerprint density at radius 3 is 2.42 bits per heavy atom. The summed E-state index contributed by atoms with van der Waals surface area (Å²) in [6, 6.07) is 17.5. The molecule has 0 fully saturated rings. The summed E-state index contributed by atoms with van der Waals surface area (Å²) in [7, 11) is 1.61. The van der Waals surface area contributed by atoms with Crippen LogP contribution in [0.3, 0.4) is 0 Å². The monoisotopic (exact) mass is 329 g/mol. The zero-order valence-corrected chi connectivity index (χ0v) is 14.6. The molecule has 0 bridgehead atoms. The topological polar surface area (TPSA) is 52.9 Å². The molecule has 4 heteroatoms. The number of ether oxygens (including phenoxy) is 1. The fourth-order valence-corrected chi connectivity index (χ4v) is 2.77. The lowest BCUT2D eigenvalue weighted by Crippen LogP contribution is -2.40. The third-order valence-corrected chi connectivity index (χ3v) is 3.77. The normalized spacial score (nSPS) is 13.1. The highest BCUT2D eigenvalue weighted by atomic mass is 16.5. The molecule has 130 valence electrons. The summed E-state index contributed by atoms with van der Waals surface area (Å²) >= 11 is 0. The predicted molar refractivity (Wildman–Crippen MR) is 96.0 cm³/mol. The molecular formula is C20H27NO3. The Morgan fingerprint density at radius 2 is 1.79 bits per heavy atom. The molecule has 0 spiro atoms. The third-order valence-electron chi connectivity index (χ3n) is 3.77. The Morgan fingerprint density at radius 1 is 1.08 bits per heavy atom. The van der Waals surface area contributed by atoms with Crippen LogP contribution < -0.4 is 4.74 Å². The Labute approximate surface area is 144 Å². The molecule has 2 aromatic rings. The van der Waals surface area contributed by atoms with E-state index in [9.17, 15) is 10.2 Å². The van der Waals surface area contributed by atoms with Gasteiger partial charge >= 0.3 is 0 Å². The Hall–Kier alpha value is -1.88. The predicted octanol–water partition coefficient (Wildman–Crippen LogP) is 3.00. The van der Waals surface area contributed by atoms with Crippen LogP contribution in [0.15, 0.2) is 54.6 Å². The summed E-state index contributed by atoms with van der Waals surface area (Å²) in [4.78, 5) is 2.07. The van der Waals surface area contributed by atoms with E-state index in [1.165, 1.54) is 0 Å². The van der Waals surface area contributed by atoms with Crippen molar-refractivity contribution < 1.29 is 14.9 Å². The second-order valence-corrected chi connectivity index (χ2v) is 6.76. The summed E-state index contributed by atoms with van der Waals surface area (Å²) < 4.78 is 5.22. The van der Waals surface area contributed by atoms with E-state index in [1.807, 2.05) is 42.5 Å². The highest BCUT2D eigenvalue weighted by Gasteiger charge is 2.21. The van der Waals surface area contributed by atoms with Crippen molar-refractivity contribution in [2.75, 3.05) is 20.2 Å². The SMILES string of the molecule is COc1cccc(C(O)CN(Cc2ccccc2)CC(C)(C)O)c1. The van der Waals surface area contributed by atoms with Gasteiger partial charge in [-0.2, -0.15) is 0 Å². The van der Waals surface area contributed by atoms with Crippen LogP contribution in [0.4, 0.5) is 0 Å². The first-order valence-electron chi connectivity index (χ1n) is 8.18. The second kappa shape index (κ2) is 8.29. The number of benzene rings is 2. The van der Waals surface area contributed by atoms with Gasteiger partial charge < -0.3 is 14.9 Å². The van der Waals surface area contributed by atoms with E-state index in [0.717, 1.165) is 16.9 Å². The number of hydrogen-bond acceptors (Lipinski definition) is 4. The van der Waals surface area contributed by atoms with Gasteiger partial charge in [0, 0.05) is 19.6 Å². The first-order valence-corrected chi connectivity index (χ1v) is 8.18. The zero-order valence-electron chi connectivity index (χ0n) is 14.6. The van der Waals surface area contributed by atoms with Crippen molar-refractivity contribution in [1.29, 1.82) is 0 Å². The van der Waals surface area contributed by atoms with Crippen molar-refractivity contribution in [3.63, 3.8) is 0 Å². The standard InChI is InChI=1S/C20H27NO3/c1-20(2,23)15-21(13-16-8-5-4-6-9-16)14-19(22)17-10-7-11-18(12-17)24-3/h4-12,19,22-23H,13-15H2,1-3H3. The summed E-state index contributed by atoms with van der Waals surface area (Å²) in [6.07, 6.45) is -0.647. The molecule has 2 rings (SSSR count). The molecule has 0 saturated carbocycles. The average Bonchev–Trinajstić information content (AvgIpc) is 2.54. The maximum Gasteiger partial charge on any atom is 0.119 e. The summed E-state index contributed by atoms with van der Waals surface area (Å²) in [5.74, 6) is 0.726. The molecule has 0 heterocycles. The highest BCUT2D eigenvalue weighted by molar-refractivity contribution is 5.30. The van der Waals surface area contributed by atoms with Crippen LogP contribution in [-0.2, 0) is 6.54 Å². The zero-order chi connectivity index (χ0) is 17.6. The maximum absolute atomic E-state index is 10.6. The van der Waals surface area contributed by atoms with Gasteiger partial charge in [0.1, 0.15) is 5.75 Å². The fraction of sp³-hybridized carbons (Fsp3) is 0.400. The summed E-state index contributed by atoms with van der Waals surface area (Å²) in [5.41, 5.74) is 1.13. The van der Waals surface area contributed by atoms with Gasteiger partial charge in [0.15, 0.2) is 0 Å². The number of aliphatic hydroxyl groups excluding tert-OH is 1. The lowest BCUT2D eigenvalue weighted by Gasteiger charge is -2.31. The molecule has 1 unspecified atom stereocenters. The van der Waals surface area contributed by atoms with Gasteiger partial charge in [-0.15, -0.1) is 0 Å². The maximum atomic E-state index is 10.6. The summed E-state index contributed by atoms with van der Waals surface area (Å²) in [5, 5.41) is 20.8. The van der Waals surface area contributed by atoms with E-state index in [2.05, 4.69) is 17.0 Å². The Kier molecular flexibility index (Phi) is 6.37. The van der Waals surface area contributed by atoms with Crippen molar-refractivity contribution in [1.82, 2.24) is 4.90 Å². The molecule has 0 aliphatic heterocycles. The minimum Gasteiger partial charge on any atom is -0.497 e. The molecule has 2 N–H and O–H groups in total. The first-order chi connectivity index (χ1) is 11.4. The quantitative estimate of drug-likeness (QED) is 0.782. The van der Waals surface area contributed by atoms with Crippen LogP contribution in [0.1, 0.15) is 31.1 Å². The largest absolute Gasteiger partial charge is 0.497 e. The third kappa shape index (κ3) is 5.96. The first kappa shape index (κ1) is 18.5. The van der Waals surface area contributed by atoms with Crippen molar-refractivity contribution in [2.45, 2.75) is 32.1 Å². The van der Waals surface area contributed by atoms with Gasteiger partial charge in [0.05, 0.1) is 18.8 Å². The number of methoxy groups -OCH3 is 1. The van der Waals surface area contributed by atoms with E-state index >= 15 is 0 Å². The molecule has 0 radical (unpaired) electrons. The number of rotatable bonds is 8. The average molecular weight is 329 g/mol. The van der Waals surface area contributed by atoms with Gasteiger partial charge in [0.25, 0.3) is 0 Å². The molecule has 24 heavy (non-hydrogen) atoms. The highest BCUT2D eigenvalue weighted by Crippen LogP contribution is 2.21. The lowest BCUT2D eigenvalue weighted by molar-refractivity contribution is 0.0150. The Bertz CT molecular complexity index is 622. The van der Waals surface area contributed by atoms with E-state index in [-0.39, 0.29) is 0 Å². The second-order valence-electron chi connectivity index (χ2n) is 6.76. The lowest BCUT2D eigenvalue weighted by atomic mass is 10.1. The van der Waals surface area contributed by atoms with Gasteiger partial charge in [-0.3, -0.25) is 4.90 Å². The fourth-order valence-electron chi connectivity index (χ4n) is 2.77. The minimum absolute atomic E-state index is 0.437. The van der Waals surface area contributed by atoms with Crippen LogP contribution in [0.5, 0.6) is 5.75 Å².